The maximum atomic E-state index is 12.1. The van der Waals surface area contributed by atoms with Crippen LogP contribution < -0.4 is 16.8 Å². The Morgan fingerprint density at radius 3 is 2.95 bits per heavy atom. The molecule has 2 heterocycles. The molecule has 9 nitrogen and oxygen atoms in total. The van der Waals surface area contributed by atoms with Gasteiger partial charge in [0.25, 0.3) is 11.2 Å². The third kappa shape index (κ3) is 2.55. The molecule has 0 atom stereocenters. The van der Waals surface area contributed by atoms with E-state index in [4.69, 9.17) is 5.84 Å². The Labute approximate surface area is 124 Å². The summed E-state index contributed by atoms with van der Waals surface area (Å²) in [5.41, 5.74) is 2.59. The number of rotatable bonds is 4. The predicted molar refractivity (Wildman–Crippen MR) is 76.6 cm³/mol. The lowest BCUT2D eigenvalue weighted by atomic mass is 10.2. The third-order valence-corrected chi connectivity index (χ3v) is 4.28. The largest absolute Gasteiger partial charge is 0.313 e. The van der Waals surface area contributed by atoms with E-state index in [9.17, 15) is 14.9 Å². The molecule has 106 valence electrons. The van der Waals surface area contributed by atoms with E-state index >= 15 is 0 Å². The number of hydrazine groups is 1. The fourth-order valence-corrected chi connectivity index (χ4v) is 2.50. The van der Waals surface area contributed by atoms with E-state index in [0.717, 1.165) is 11.5 Å². The van der Waals surface area contributed by atoms with Gasteiger partial charge in [-0.05, 0) is 22.9 Å². The van der Waals surface area contributed by atoms with Crippen molar-refractivity contribution >= 4 is 38.2 Å². The Hall–Kier alpha value is -1.85. The standard InChI is InChI=1S/C9H9BrN6O3S/c1-4-6(16(18)19)3-15(9(17)7(4)10)2-5-8(12-11)20-14-13-5/h3,12H,2,11H2,1H3. The van der Waals surface area contributed by atoms with E-state index in [-0.39, 0.29) is 27.8 Å². The van der Waals surface area contributed by atoms with E-state index in [1.807, 2.05) is 0 Å². The number of nitrogens with zero attached hydrogens (tertiary/aromatic N) is 4. The van der Waals surface area contributed by atoms with E-state index < -0.39 is 4.92 Å². The van der Waals surface area contributed by atoms with E-state index in [1.165, 1.54) is 17.7 Å². The number of hydrogen-bond donors (Lipinski definition) is 2. The molecule has 0 aromatic carbocycles. The van der Waals surface area contributed by atoms with Crippen molar-refractivity contribution in [2.24, 2.45) is 5.84 Å². The van der Waals surface area contributed by atoms with E-state index in [2.05, 4.69) is 30.9 Å². The summed E-state index contributed by atoms with van der Waals surface area (Å²) in [5, 5.41) is 15.3. The van der Waals surface area contributed by atoms with Gasteiger partial charge in [0.1, 0.15) is 10.7 Å². The molecule has 3 N–H and O–H groups in total. The van der Waals surface area contributed by atoms with E-state index in [1.54, 1.807) is 0 Å². The van der Waals surface area contributed by atoms with Gasteiger partial charge in [-0.2, -0.15) is 0 Å². The summed E-state index contributed by atoms with van der Waals surface area (Å²) >= 11 is 4.11. The molecule has 0 aliphatic heterocycles. The van der Waals surface area contributed by atoms with Crippen LogP contribution in [0.2, 0.25) is 0 Å². The van der Waals surface area contributed by atoms with Crippen LogP contribution in [0.15, 0.2) is 15.5 Å². The van der Waals surface area contributed by atoms with Gasteiger partial charge in [-0.25, -0.2) is 5.84 Å². The molecule has 0 spiro atoms. The molecule has 20 heavy (non-hydrogen) atoms. The fourth-order valence-electron chi connectivity index (χ4n) is 1.59. The maximum absolute atomic E-state index is 12.1. The van der Waals surface area contributed by atoms with Gasteiger partial charge in [0.2, 0.25) is 0 Å². The average Bonchev–Trinajstić information content (AvgIpc) is 2.86. The van der Waals surface area contributed by atoms with Gasteiger partial charge in [0.15, 0.2) is 0 Å². The molecular formula is C9H9BrN6O3S. The van der Waals surface area contributed by atoms with Crippen LogP contribution in [0.25, 0.3) is 0 Å². The van der Waals surface area contributed by atoms with Crippen molar-refractivity contribution in [2.75, 3.05) is 5.43 Å². The minimum absolute atomic E-state index is 0.0363. The highest BCUT2D eigenvalue weighted by Gasteiger charge is 2.19. The number of halogens is 1. The second-order valence-electron chi connectivity index (χ2n) is 3.84. The molecule has 0 aliphatic carbocycles. The number of aromatic nitrogens is 3. The number of nitrogens with one attached hydrogen (secondary N) is 1. The predicted octanol–water partition coefficient (Wildman–Crippen LogP) is 1.01. The Morgan fingerprint density at radius 1 is 1.65 bits per heavy atom. The molecule has 0 saturated carbocycles. The van der Waals surface area contributed by atoms with Gasteiger partial charge in [0.05, 0.1) is 22.1 Å². The lowest BCUT2D eigenvalue weighted by molar-refractivity contribution is -0.386. The Balaban J connectivity index is 2.52. The topological polar surface area (TPSA) is 129 Å². The maximum Gasteiger partial charge on any atom is 0.289 e. The molecular weight excluding hydrogens is 352 g/mol. The van der Waals surface area contributed by atoms with Crippen LogP contribution in [0.3, 0.4) is 0 Å². The summed E-state index contributed by atoms with van der Waals surface area (Å²) in [4.78, 5) is 22.5. The second kappa shape index (κ2) is 5.64. The molecule has 2 aromatic heterocycles. The van der Waals surface area contributed by atoms with Gasteiger partial charge in [0, 0.05) is 17.1 Å². The van der Waals surface area contributed by atoms with Gasteiger partial charge >= 0.3 is 0 Å². The molecule has 0 aliphatic rings. The monoisotopic (exact) mass is 360 g/mol. The van der Waals surface area contributed by atoms with Gasteiger partial charge < -0.3 is 9.99 Å². The van der Waals surface area contributed by atoms with Crippen LogP contribution in [-0.2, 0) is 6.54 Å². The fraction of sp³-hybridized carbons (Fsp3) is 0.222. The minimum atomic E-state index is -0.544. The number of pyridine rings is 1. The van der Waals surface area contributed by atoms with Crippen molar-refractivity contribution in [3.05, 3.63) is 42.4 Å². The van der Waals surface area contributed by atoms with Crippen LogP contribution in [0.4, 0.5) is 10.7 Å². The van der Waals surface area contributed by atoms with Gasteiger partial charge in [-0.1, -0.05) is 4.49 Å². The van der Waals surface area contributed by atoms with Crippen molar-refractivity contribution in [1.29, 1.82) is 0 Å². The molecule has 0 saturated heterocycles. The van der Waals surface area contributed by atoms with Crippen LogP contribution in [0.1, 0.15) is 11.3 Å². The number of nitro groups is 1. The Bertz CT molecular complexity index is 727. The first-order valence-electron chi connectivity index (χ1n) is 5.27. The minimum Gasteiger partial charge on any atom is -0.313 e. The molecule has 2 rings (SSSR count). The summed E-state index contributed by atoms with van der Waals surface area (Å²) < 4.78 is 5.04. The summed E-state index contributed by atoms with van der Waals surface area (Å²) in [7, 11) is 0. The number of nitrogens with two attached hydrogens (primary N) is 1. The third-order valence-electron chi connectivity index (χ3n) is 2.64. The van der Waals surface area contributed by atoms with Crippen molar-refractivity contribution in [3.63, 3.8) is 0 Å². The number of nitrogen functional groups attached to an aromatic ring is 1. The highest BCUT2D eigenvalue weighted by molar-refractivity contribution is 9.10. The first kappa shape index (κ1) is 14.6. The Kier molecular flexibility index (Phi) is 4.11. The van der Waals surface area contributed by atoms with Crippen molar-refractivity contribution < 1.29 is 4.92 Å². The first-order chi connectivity index (χ1) is 9.45. The Morgan fingerprint density at radius 2 is 2.35 bits per heavy atom. The lowest BCUT2D eigenvalue weighted by Crippen LogP contribution is -2.23. The molecule has 11 heteroatoms. The van der Waals surface area contributed by atoms with Crippen LogP contribution in [0, 0.1) is 17.0 Å². The lowest BCUT2D eigenvalue weighted by Gasteiger charge is -2.07. The molecule has 0 radical (unpaired) electrons. The zero-order chi connectivity index (χ0) is 14.9. The quantitative estimate of drug-likeness (QED) is 0.472. The zero-order valence-corrected chi connectivity index (χ0v) is 12.6. The summed E-state index contributed by atoms with van der Waals surface area (Å²) in [6.45, 7) is 1.54. The summed E-state index contributed by atoms with van der Waals surface area (Å²) in [5.74, 6) is 5.29. The van der Waals surface area contributed by atoms with Crippen molar-refractivity contribution in [1.82, 2.24) is 14.2 Å². The smallest absolute Gasteiger partial charge is 0.289 e. The summed E-state index contributed by atoms with van der Waals surface area (Å²) in [6, 6.07) is 0. The summed E-state index contributed by atoms with van der Waals surface area (Å²) in [6.07, 6.45) is 1.18. The van der Waals surface area contributed by atoms with Crippen LogP contribution in [0.5, 0.6) is 0 Å². The first-order valence-corrected chi connectivity index (χ1v) is 6.84. The molecule has 0 unspecified atom stereocenters. The number of hydrogen-bond acceptors (Lipinski definition) is 8. The highest BCUT2D eigenvalue weighted by Crippen LogP contribution is 2.23. The number of anilines is 1. The average molecular weight is 361 g/mol. The SMILES string of the molecule is Cc1c([N+](=O)[O-])cn(Cc2nnsc2NN)c(=O)c1Br. The zero-order valence-electron chi connectivity index (χ0n) is 10.2. The van der Waals surface area contributed by atoms with Crippen LogP contribution in [-0.4, -0.2) is 19.1 Å². The van der Waals surface area contributed by atoms with Crippen molar-refractivity contribution in [2.45, 2.75) is 13.5 Å². The highest BCUT2D eigenvalue weighted by atomic mass is 79.9. The molecule has 0 fully saturated rings. The van der Waals surface area contributed by atoms with Crippen molar-refractivity contribution in [3.8, 4) is 0 Å². The normalized spacial score (nSPS) is 10.6. The van der Waals surface area contributed by atoms with Crippen LogP contribution >= 0.6 is 27.5 Å². The molecule has 0 bridgehead atoms. The van der Waals surface area contributed by atoms with Gasteiger partial charge in [-0.3, -0.25) is 14.9 Å². The molecule has 2 aromatic rings. The van der Waals surface area contributed by atoms with E-state index in [0.29, 0.717) is 10.7 Å². The van der Waals surface area contributed by atoms with Gasteiger partial charge in [-0.15, -0.1) is 5.10 Å². The molecule has 0 amide bonds. The second-order valence-corrected chi connectivity index (χ2v) is 5.38.